The molecule has 2 aromatic rings. The van der Waals surface area contributed by atoms with E-state index >= 15 is 0 Å². The van der Waals surface area contributed by atoms with Crippen LogP contribution in [-0.2, 0) is 4.74 Å². The molecule has 0 saturated carbocycles. The summed E-state index contributed by atoms with van der Waals surface area (Å²) >= 11 is 0. The highest BCUT2D eigenvalue weighted by molar-refractivity contribution is 6.02. The highest BCUT2D eigenvalue weighted by Gasteiger charge is 2.52. The third kappa shape index (κ3) is 7.73. The third-order valence-corrected chi connectivity index (χ3v) is 17.0. The SMILES string of the molecule is CN1C(C2CC(C3=C(C4=CCCCC4)CCC(c4ccccc4)=C3)C=CC2C2=CC3C(C=C2)O[C@H]2C4=C(C=CC32)N(c2ccccc2)C2=CC=CCC24)=NC(C2C=CC=CC2)=NC1C1=CCCC=C1. The Bertz CT molecular complexity index is 2920. The van der Waals surface area contributed by atoms with Crippen LogP contribution in [0.25, 0.3) is 5.57 Å². The first kappa shape index (κ1) is 42.8. The number of hydrogen-bond acceptors (Lipinski definition) is 5. The summed E-state index contributed by atoms with van der Waals surface area (Å²) in [6.45, 7) is 0. The average molecular weight is 905 g/mol. The van der Waals surface area contributed by atoms with E-state index in [1.807, 2.05) is 0 Å². The fourth-order valence-corrected chi connectivity index (χ4v) is 13.7. The zero-order valence-corrected chi connectivity index (χ0v) is 40.0. The summed E-state index contributed by atoms with van der Waals surface area (Å²) in [7, 11) is 2.28. The van der Waals surface area contributed by atoms with Gasteiger partial charge in [0.1, 0.15) is 17.8 Å². The minimum atomic E-state index is -0.107. The van der Waals surface area contributed by atoms with E-state index in [0.29, 0.717) is 5.92 Å². The standard InChI is InChI=1S/C64H64N4O/c1-67-63(45-25-13-5-14-26-45)65-62(44-23-11-4-12-24-44)66-64(67)56-41-48(54-39-46(42-19-7-2-8-20-42)31-34-50(54)43-21-9-3-10-22-43)32-35-51(56)47-33-38-59-55(40-47)52-36-37-58-60(61(52)69-59)53-29-17-18-30-57(53)68(58)49-27-15-6-16-28-49/h2,4,6-8,11-13,15-21,23,25-28,30,32-33,35-40,44,48,51-53,55-56,59,61,63H,3,5,9-10,14,22,24,29,31,34,41H2,1H3/t44?,48?,51?,52?,53?,55?,56?,59?,61-,63?/m1/s1. The Hall–Kier alpha value is -6.30. The Balaban J connectivity index is 0.903. The van der Waals surface area contributed by atoms with Gasteiger partial charge >= 0.3 is 0 Å². The van der Waals surface area contributed by atoms with Crippen molar-refractivity contribution in [2.24, 2.45) is 51.4 Å². The number of benzene rings is 2. The maximum absolute atomic E-state index is 7.26. The number of fused-ring (bicyclic) bond motifs is 6. The van der Waals surface area contributed by atoms with Crippen LogP contribution in [0, 0.1) is 41.4 Å². The molecule has 3 aliphatic heterocycles. The molecule has 8 aliphatic carbocycles. The molecule has 1 saturated heterocycles. The molecular weight excluding hydrogens is 841 g/mol. The molecule has 3 heterocycles. The summed E-state index contributed by atoms with van der Waals surface area (Å²) < 4.78 is 7.26. The van der Waals surface area contributed by atoms with Gasteiger partial charge in [0.15, 0.2) is 0 Å². The fourth-order valence-electron chi connectivity index (χ4n) is 13.7. The molecule has 69 heavy (non-hydrogen) atoms. The summed E-state index contributed by atoms with van der Waals surface area (Å²) in [6, 6.07) is 22.1. The van der Waals surface area contributed by atoms with Crippen LogP contribution in [0.15, 0.2) is 231 Å². The summed E-state index contributed by atoms with van der Waals surface area (Å²) in [4.78, 5) is 16.2. The predicted molar refractivity (Wildman–Crippen MR) is 284 cm³/mol. The molecular formula is C64H64N4O. The van der Waals surface area contributed by atoms with Gasteiger partial charge in [-0.2, -0.15) is 0 Å². The van der Waals surface area contributed by atoms with Gasteiger partial charge in [0.2, 0.25) is 0 Å². The number of amidine groups is 2. The van der Waals surface area contributed by atoms with Gasteiger partial charge in [0.05, 0.1) is 12.2 Å². The second-order valence-electron chi connectivity index (χ2n) is 21.0. The van der Waals surface area contributed by atoms with Crippen LogP contribution in [0.1, 0.15) is 76.2 Å². The number of aliphatic imine (C=N–C) groups is 2. The first-order valence-electron chi connectivity index (χ1n) is 26.3. The number of nitrogens with zero attached hydrogens (tertiary/aromatic N) is 4. The number of para-hydroxylation sites is 1. The Morgan fingerprint density at radius 2 is 1.58 bits per heavy atom. The van der Waals surface area contributed by atoms with Gasteiger partial charge in [-0.1, -0.05) is 152 Å². The number of anilines is 1. The van der Waals surface area contributed by atoms with E-state index in [2.05, 4.69) is 193 Å². The summed E-state index contributed by atoms with van der Waals surface area (Å²) in [5.41, 5.74) is 15.6. The van der Waals surface area contributed by atoms with Crippen molar-refractivity contribution in [2.45, 2.75) is 89.0 Å². The van der Waals surface area contributed by atoms with Crippen molar-refractivity contribution >= 4 is 22.9 Å². The third-order valence-electron chi connectivity index (χ3n) is 17.0. The monoisotopic (exact) mass is 905 g/mol. The van der Waals surface area contributed by atoms with E-state index in [4.69, 9.17) is 14.7 Å². The summed E-state index contributed by atoms with van der Waals surface area (Å²) in [6.07, 6.45) is 57.9. The van der Waals surface area contributed by atoms with Crippen LogP contribution >= 0.6 is 0 Å². The molecule has 0 aromatic heterocycles. The lowest BCUT2D eigenvalue weighted by Crippen LogP contribution is -2.48. The fraction of sp³-hybridized carbons (Fsp3) is 0.344. The van der Waals surface area contributed by atoms with Crippen molar-refractivity contribution in [3.8, 4) is 0 Å². The van der Waals surface area contributed by atoms with E-state index in [0.717, 1.165) is 50.8 Å². The van der Waals surface area contributed by atoms with Crippen molar-refractivity contribution in [2.75, 3.05) is 11.9 Å². The number of hydrogen-bond donors (Lipinski definition) is 0. The summed E-state index contributed by atoms with van der Waals surface area (Å²) in [5.74, 6) is 3.70. The average Bonchev–Trinajstić information content (AvgIpc) is 3.97. The number of rotatable bonds is 8. The molecule has 0 spiro atoms. The van der Waals surface area contributed by atoms with E-state index in [1.165, 1.54) is 82.0 Å². The predicted octanol–water partition coefficient (Wildman–Crippen LogP) is 14.2. The van der Waals surface area contributed by atoms with Gasteiger partial charge in [-0.25, -0.2) is 9.98 Å². The molecule has 0 radical (unpaired) electrons. The summed E-state index contributed by atoms with van der Waals surface area (Å²) in [5, 5.41) is 0. The van der Waals surface area contributed by atoms with Gasteiger partial charge in [0, 0.05) is 65.6 Å². The van der Waals surface area contributed by atoms with Gasteiger partial charge in [0.25, 0.3) is 0 Å². The van der Waals surface area contributed by atoms with Crippen molar-refractivity contribution in [3.63, 3.8) is 0 Å². The minimum absolute atomic E-state index is 0.0330. The van der Waals surface area contributed by atoms with Crippen LogP contribution < -0.4 is 4.90 Å². The van der Waals surface area contributed by atoms with Crippen LogP contribution in [0.3, 0.4) is 0 Å². The van der Waals surface area contributed by atoms with E-state index in [-0.39, 0.29) is 53.9 Å². The van der Waals surface area contributed by atoms with Gasteiger partial charge in [-0.15, -0.1) is 0 Å². The van der Waals surface area contributed by atoms with E-state index < -0.39 is 0 Å². The van der Waals surface area contributed by atoms with Crippen molar-refractivity contribution in [1.29, 1.82) is 0 Å². The van der Waals surface area contributed by atoms with Gasteiger partial charge < -0.3 is 14.5 Å². The zero-order valence-electron chi connectivity index (χ0n) is 40.0. The van der Waals surface area contributed by atoms with Crippen LogP contribution in [0.2, 0.25) is 0 Å². The van der Waals surface area contributed by atoms with Crippen LogP contribution in [-0.4, -0.2) is 42.0 Å². The maximum Gasteiger partial charge on any atom is 0.149 e. The molecule has 11 aliphatic rings. The molecule has 2 aromatic carbocycles. The largest absolute Gasteiger partial charge is 0.365 e. The highest BCUT2D eigenvalue weighted by Crippen LogP contribution is 2.55. The van der Waals surface area contributed by atoms with E-state index in [9.17, 15) is 0 Å². The molecule has 0 bridgehead atoms. The Kier molecular flexibility index (Phi) is 11.3. The molecule has 10 atom stereocenters. The second kappa shape index (κ2) is 18.2. The molecule has 13 rings (SSSR count). The number of likely N-dealkylation sites (N-methyl/N-ethyl adjacent to an activating group) is 1. The normalized spacial score (nSPS) is 33.2. The molecule has 1 fully saturated rings. The molecule has 0 amide bonds. The second-order valence-corrected chi connectivity index (χ2v) is 21.0. The topological polar surface area (TPSA) is 40.4 Å². The molecule has 9 unspecified atom stereocenters. The molecule has 5 heteroatoms. The number of allylic oxidation sites excluding steroid dienone is 20. The van der Waals surface area contributed by atoms with Gasteiger partial charge in [-0.05, 0) is 139 Å². The van der Waals surface area contributed by atoms with Crippen LogP contribution in [0.5, 0.6) is 0 Å². The van der Waals surface area contributed by atoms with E-state index in [1.54, 1.807) is 11.1 Å². The van der Waals surface area contributed by atoms with Crippen molar-refractivity contribution in [3.05, 3.63) is 227 Å². The first-order chi connectivity index (χ1) is 34.1. The molecule has 0 N–H and O–H groups in total. The lowest BCUT2D eigenvalue weighted by Gasteiger charge is -2.43. The Morgan fingerprint density at radius 1 is 0.696 bits per heavy atom. The minimum Gasteiger partial charge on any atom is -0.365 e. The van der Waals surface area contributed by atoms with Crippen molar-refractivity contribution < 1.29 is 4.74 Å². The zero-order chi connectivity index (χ0) is 45.8. The van der Waals surface area contributed by atoms with Crippen molar-refractivity contribution in [1.82, 2.24) is 4.90 Å². The maximum atomic E-state index is 7.26. The quantitative estimate of drug-likeness (QED) is 0.248. The Morgan fingerprint density at radius 3 is 2.41 bits per heavy atom. The van der Waals surface area contributed by atoms with Gasteiger partial charge in [-0.3, -0.25) is 0 Å². The number of ether oxygens (including phenoxy) is 1. The van der Waals surface area contributed by atoms with Crippen LogP contribution in [0.4, 0.5) is 5.69 Å². The molecule has 346 valence electrons. The lowest BCUT2D eigenvalue weighted by molar-refractivity contribution is 0.0763. The Labute approximate surface area is 409 Å². The lowest BCUT2D eigenvalue weighted by atomic mass is 9.68. The smallest absolute Gasteiger partial charge is 0.149 e. The first-order valence-corrected chi connectivity index (χ1v) is 26.3. The highest BCUT2D eigenvalue weighted by atomic mass is 16.5. The molecule has 5 nitrogen and oxygen atoms in total.